The van der Waals surface area contributed by atoms with Gasteiger partial charge in [0.25, 0.3) is 0 Å². The lowest BCUT2D eigenvalue weighted by Gasteiger charge is -2.20. The summed E-state index contributed by atoms with van der Waals surface area (Å²) in [6.07, 6.45) is 1.79. The van der Waals surface area contributed by atoms with Gasteiger partial charge >= 0.3 is 6.09 Å². The molecule has 108 valence electrons. The van der Waals surface area contributed by atoms with Gasteiger partial charge in [-0.3, -0.25) is 9.78 Å². The van der Waals surface area contributed by atoms with E-state index in [0.717, 1.165) is 6.42 Å². The number of nitrogens with one attached hydrogen (secondary N) is 1. The highest BCUT2D eigenvalue weighted by atomic mass is 16.5. The smallest absolute Gasteiger partial charge is 0.408 e. The molecule has 1 saturated heterocycles. The van der Waals surface area contributed by atoms with Crippen LogP contribution < -0.4 is 5.32 Å². The Kier molecular flexibility index (Phi) is 5.06. The van der Waals surface area contributed by atoms with E-state index in [9.17, 15) is 9.59 Å². The van der Waals surface area contributed by atoms with Gasteiger partial charge in [0.2, 0.25) is 0 Å². The Morgan fingerprint density at radius 3 is 3.00 bits per heavy atom. The van der Waals surface area contributed by atoms with Crippen molar-refractivity contribution in [3.8, 4) is 0 Å². The van der Waals surface area contributed by atoms with E-state index in [1.165, 1.54) is 6.92 Å². The topological polar surface area (TPSA) is 77.5 Å². The Morgan fingerprint density at radius 2 is 2.40 bits per heavy atom. The lowest BCUT2D eigenvalue weighted by molar-refractivity contribution is -0.120. The lowest BCUT2D eigenvalue weighted by Crippen LogP contribution is -2.45. The largest absolute Gasteiger partial charge is 0.443 e. The zero-order valence-corrected chi connectivity index (χ0v) is 11.4. The number of ketones is 1. The Hall–Kier alpha value is -1.95. The molecule has 1 aliphatic rings. The molecule has 6 nitrogen and oxygen atoms in total. The number of pyridine rings is 1. The summed E-state index contributed by atoms with van der Waals surface area (Å²) in [5.41, 5.74) is 0.659. The van der Waals surface area contributed by atoms with Gasteiger partial charge in [-0.05, 0) is 25.5 Å². The highest BCUT2D eigenvalue weighted by Crippen LogP contribution is 2.17. The van der Waals surface area contributed by atoms with Crippen molar-refractivity contribution in [2.75, 3.05) is 13.2 Å². The van der Waals surface area contributed by atoms with E-state index in [1.54, 1.807) is 18.3 Å². The molecule has 1 fully saturated rings. The first kappa shape index (κ1) is 14.5. The third-order valence-corrected chi connectivity index (χ3v) is 3.22. The second-order valence-corrected chi connectivity index (χ2v) is 4.75. The Labute approximate surface area is 117 Å². The van der Waals surface area contributed by atoms with Gasteiger partial charge in [-0.1, -0.05) is 6.07 Å². The van der Waals surface area contributed by atoms with Crippen molar-refractivity contribution in [1.29, 1.82) is 0 Å². The van der Waals surface area contributed by atoms with Crippen LogP contribution in [0.5, 0.6) is 0 Å². The molecule has 0 saturated carbocycles. The molecule has 0 aromatic carbocycles. The molecule has 0 radical (unpaired) electrons. The minimum atomic E-state index is -0.609. The Morgan fingerprint density at radius 1 is 1.55 bits per heavy atom. The van der Waals surface area contributed by atoms with Crippen LogP contribution in [-0.4, -0.2) is 36.1 Å². The highest BCUT2D eigenvalue weighted by molar-refractivity contribution is 5.85. The van der Waals surface area contributed by atoms with Crippen molar-refractivity contribution in [2.24, 2.45) is 5.92 Å². The number of hydrogen-bond donors (Lipinski definition) is 1. The second kappa shape index (κ2) is 7.00. The third-order valence-electron chi connectivity index (χ3n) is 3.22. The molecule has 2 unspecified atom stereocenters. The molecule has 2 atom stereocenters. The van der Waals surface area contributed by atoms with Crippen molar-refractivity contribution in [3.63, 3.8) is 0 Å². The first-order chi connectivity index (χ1) is 9.66. The number of amides is 1. The van der Waals surface area contributed by atoms with Crippen molar-refractivity contribution in [3.05, 3.63) is 30.1 Å². The number of alkyl carbamates (subject to hydrolysis) is 1. The Balaban J connectivity index is 1.84. The van der Waals surface area contributed by atoms with Gasteiger partial charge in [0.15, 0.2) is 5.78 Å². The van der Waals surface area contributed by atoms with Gasteiger partial charge in [-0.2, -0.15) is 0 Å². The predicted molar refractivity (Wildman–Crippen MR) is 71.0 cm³/mol. The molecule has 1 N–H and O–H groups in total. The summed E-state index contributed by atoms with van der Waals surface area (Å²) in [5, 5.41) is 2.61. The summed E-state index contributed by atoms with van der Waals surface area (Å²) < 4.78 is 10.3. The maximum absolute atomic E-state index is 11.7. The minimum absolute atomic E-state index is 0.0231. The van der Waals surface area contributed by atoms with Gasteiger partial charge in [-0.15, -0.1) is 0 Å². The van der Waals surface area contributed by atoms with Crippen molar-refractivity contribution >= 4 is 11.9 Å². The minimum Gasteiger partial charge on any atom is -0.443 e. The van der Waals surface area contributed by atoms with Gasteiger partial charge in [-0.25, -0.2) is 4.79 Å². The number of ether oxygens (including phenoxy) is 2. The maximum Gasteiger partial charge on any atom is 0.408 e. The zero-order valence-electron chi connectivity index (χ0n) is 11.4. The fourth-order valence-corrected chi connectivity index (χ4v) is 2.16. The molecule has 6 heteroatoms. The summed E-state index contributed by atoms with van der Waals surface area (Å²) in [4.78, 5) is 27.4. The second-order valence-electron chi connectivity index (χ2n) is 4.75. The van der Waals surface area contributed by atoms with E-state index >= 15 is 0 Å². The number of rotatable bonds is 5. The number of Topliss-reactive ketones (excluding diaryl/α,β-unsaturated/α-hetero) is 1. The molecular formula is C14H18N2O4. The molecule has 0 spiro atoms. The van der Waals surface area contributed by atoms with Crippen LogP contribution in [0.2, 0.25) is 0 Å². The molecule has 0 bridgehead atoms. The Bertz CT molecular complexity index is 458. The van der Waals surface area contributed by atoms with Crippen LogP contribution in [0.25, 0.3) is 0 Å². The number of carbonyl (C=O) groups excluding carboxylic acids is 2. The van der Waals surface area contributed by atoms with Crippen LogP contribution in [-0.2, 0) is 20.9 Å². The van der Waals surface area contributed by atoms with E-state index in [2.05, 4.69) is 10.3 Å². The lowest BCUT2D eigenvalue weighted by atomic mass is 9.96. The fourth-order valence-electron chi connectivity index (χ4n) is 2.16. The van der Waals surface area contributed by atoms with E-state index in [0.29, 0.717) is 18.9 Å². The van der Waals surface area contributed by atoms with Crippen molar-refractivity contribution in [2.45, 2.75) is 26.0 Å². The van der Waals surface area contributed by atoms with Gasteiger partial charge in [0.1, 0.15) is 6.61 Å². The van der Waals surface area contributed by atoms with E-state index in [4.69, 9.17) is 9.47 Å². The maximum atomic E-state index is 11.7. The zero-order chi connectivity index (χ0) is 14.4. The first-order valence-corrected chi connectivity index (χ1v) is 6.58. The van der Waals surface area contributed by atoms with Crippen LogP contribution >= 0.6 is 0 Å². The fraction of sp³-hybridized carbons (Fsp3) is 0.500. The number of nitrogens with zero attached hydrogens (tertiary/aromatic N) is 1. The van der Waals surface area contributed by atoms with Crippen LogP contribution in [0.1, 0.15) is 19.0 Å². The molecule has 1 aromatic rings. The molecular weight excluding hydrogens is 260 g/mol. The number of hydrogen-bond acceptors (Lipinski definition) is 5. The van der Waals surface area contributed by atoms with Gasteiger partial charge in [0.05, 0.1) is 18.3 Å². The quantitative estimate of drug-likeness (QED) is 0.878. The van der Waals surface area contributed by atoms with E-state index < -0.39 is 12.1 Å². The molecule has 2 rings (SSSR count). The standard InChI is InChI=1S/C14H18N2O4/c1-10(17)13(11-5-7-19-8-11)16-14(18)20-9-12-4-2-3-6-15-12/h2-4,6,11,13H,5,7-9H2,1H3,(H,16,18). The van der Waals surface area contributed by atoms with Crippen LogP contribution in [0.3, 0.4) is 0 Å². The van der Waals surface area contributed by atoms with E-state index in [-0.39, 0.29) is 18.3 Å². The highest BCUT2D eigenvalue weighted by Gasteiger charge is 2.30. The SMILES string of the molecule is CC(=O)C(NC(=O)OCc1ccccn1)C1CCOC1. The number of aromatic nitrogens is 1. The normalized spacial score (nSPS) is 19.4. The monoisotopic (exact) mass is 278 g/mol. The predicted octanol–water partition coefficient (Wildman–Crippen LogP) is 1.30. The van der Waals surface area contributed by atoms with Gasteiger partial charge < -0.3 is 14.8 Å². The summed E-state index contributed by atoms with van der Waals surface area (Å²) in [5.74, 6) is -0.0646. The van der Waals surface area contributed by atoms with Gasteiger partial charge in [0, 0.05) is 18.7 Å². The molecule has 1 amide bonds. The average molecular weight is 278 g/mol. The van der Waals surface area contributed by atoms with Crippen molar-refractivity contribution in [1.82, 2.24) is 10.3 Å². The summed E-state index contributed by atoms with van der Waals surface area (Å²) in [6, 6.07) is 4.82. The summed E-state index contributed by atoms with van der Waals surface area (Å²) >= 11 is 0. The molecule has 20 heavy (non-hydrogen) atoms. The first-order valence-electron chi connectivity index (χ1n) is 6.58. The molecule has 1 aliphatic heterocycles. The third kappa shape index (κ3) is 4.03. The van der Waals surface area contributed by atoms with Crippen LogP contribution in [0.4, 0.5) is 4.79 Å². The summed E-state index contributed by atoms with van der Waals surface area (Å²) in [7, 11) is 0. The molecule has 2 heterocycles. The van der Waals surface area contributed by atoms with Crippen LogP contribution in [0, 0.1) is 5.92 Å². The van der Waals surface area contributed by atoms with E-state index in [1.807, 2.05) is 6.07 Å². The average Bonchev–Trinajstić information content (AvgIpc) is 2.97. The van der Waals surface area contributed by atoms with Crippen molar-refractivity contribution < 1.29 is 19.1 Å². The summed E-state index contributed by atoms with van der Waals surface area (Å²) in [6.45, 7) is 2.66. The molecule has 1 aromatic heterocycles. The number of carbonyl (C=O) groups is 2. The van der Waals surface area contributed by atoms with Crippen LogP contribution in [0.15, 0.2) is 24.4 Å². The molecule has 0 aliphatic carbocycles.